The number of aromatic nitrogens is 1. The maximum atomic E-state index is 6.12. The first-order chi connectivity index (χ1) is 10.9. The first-order valence-electron chi connectivity index (χ1n) is 7.38. The van der Waals surface area contributed by atoms with Crippen molar-refractivity contribution >= 4 is 34.0 Å². The molecule has 5 rings (SSSR count). The quantitative estimate of drug-likeness (QED) is 0.393. The number of aromatic amines is 1. The standard InChI is InChI=1S/C20H13NO/c1-4-8-18-13(5-1)9-10-16-19(22-18)12-11-15-14-6-2-3-7-17(14)21-20(15)16/h1-12,21H. The van der Waals surface area contributed by atoms with Gasteiger partial charge in [0.1, 0.15) is 11.5 Å². The van der Waals surface area contributed by atoms with Crippen LogP contribution in [0.1, 0.15) is 11.1 Å². The van der Waals surface area contributed by atoms with Crippen molar-refractivity contribution in [2.24, 2.45) is 0 Å². The van der Waals surface area contributed by atoms with Crippen LogP contribution in [0.5, 0.6) is 11.5 Å². The minimum atomic E-state index is 0.889. The van der Waals surface area contributed by atoms with E-state index in [9.17, 15) is 0 Å². The monoisotopic (exact) mass is 283 g/mol. The minimum absolute atomic E-state index is 0.889. The van der Waals surface area contributed by atoms with E-state index >= 15 is 0 Å². The van der Waals surface area contributed by atoms with Crippen molar-refractivity contribution in [1.82, 2.24) is 4.98 Å². The molecule has 0 unspecified atom stereocenters. The molecule has 0 atom stereocenters. The topological polar surface area (TPSA) is 25.0 Å². The van der Waals surface area contributed by atoms with Crippen molar-refractivity contribution in [3.63, 3.8) is 0 Å². The SMILES string of the molecule is C1=Cc2c(ccc3c2[nH]c2ccccc23)Oc2ccccc21. The van der Waals surface area contributed by atoms with E-state index in [0.29, 0.717) is 0 Å². The highest BCUT2D eigenvalue weighted by molar-refractivity contribution is 6.11. The van der Waals surface area contributed by atoms with Crippen molar-refractivity contribution < 1.29 is 4.74 Å². The molecule has 4 aromatic rings. The van der Waals surface area contributed by atoms with Gasteiger partial charge in [0.15, 0.2) is 0 Å². The molecule has 0 fully saturated rings. The van der Waals surface area contributed by atoms with Crippen molar-refractivity contribution in [2.75, 3.05) is 0 Å². The lowest BCUT2D eigenvalue weighted by atomic mass is 10.1. The Morgan fingerprint density at radius 3 is 2.55 bits per heavy atom. The average molecular weight is 283 g/mol. The zero-order valence-corrected chi connectivity index (χ0v) is 11.8. The number of rotatable bonds is 0. The van der Waals surface area contributed by atoms with Crippen LogP contribution < -0.4 is 4.74 Å². The summed E-state index contributed by atoms with van der Waals surface area (Å²) in [7, 11) is 0. The van der Waals surface area contributed by atoms with Gasteiger partial charge in [-0.1, -0.05) is 42.5 Å². The minimum Gasteiger partial charge on any atom is -0.456 e. The van der Waals surface area contributed by atoms with Crippen molar-refractivity contribution in [3.05, 3.63) is 71.8 Å². The van der Waals surface area contributed by atoms with Crippen LogP contribution in [-0.2, 0) is 0 Å². The fraction of sp³-hybridized carbons (Fsp3) is 0. The summed E-state index contributed by atoms with van der Waals surface area (Å²) in [6.07, 6.45) is 4.25. The molecule has 2 heterocycles. The number of benzene rings is 3. The van der Waals surface area contributed by atoms with E-state index in [-0.39, 0.29) is 0 Å². The second-order valence-corrected chi connectivity index (χ2v) is 5.54. The summed E-state index contributed by atoms with van der Waals surface area (Å²) >= 11 is 0. The molecule has 0 saturated heterocycles. The predicted octanol–water partition coefficient (Wildman–Crippen LogP) is 5.60. The van der Waals surface area contributed by atoms with Gasteiger partial charge in [-0.05, 0) is 30.3 Å². The zero-order chi connectivity index (χ0) is 14.5. The van der Waals surface area contributed by atoms with Crippen LogP contribution in [0.4, 0.5) is 0 Å². The van der Waals surface area contributed by atoms with Gasteiger partial charge in [0.25, 0.3) is 0 Å². The molecule has 0 spiro atoms. The van der Waals surface area contributed by atoms with E-state index in [1.54, 1.807) is 0 Å². The van der Waals surface area contributed by atoms with Crippen LogP contribution in [0.25, 0.3) is 34.0 Å². The molecule has 1 aromatic heterocycles. The average Bonchev–Trinajstić information content (AvgIpc) is 2.82. The van der Waals surface area contributed by atoms with E-state index in [0.717, 1.165) is 33.7 Å². The number of ether oxygens (including phenoxy) is 1. The summed E-state index contributed by atoms with van der Waals surface area (Å²) in [5.74, 6) is 1.79. The molecular formula is C20H13NO. The van der Waals surface area contributed by atoms with Gasteiger partial charge in [0.2, 0.25) is 0 Å². The number of nitrogens with one attached hydrogen (secondary N) is 1. The summed E-state index contributed by atoms with van der Waals surface area (Å²) in [6, 6.07) is 20.7. The van der Waals surface area contributed by atoms with Crippen LogP contribution in [-0.4, -0.2) is 4.98 Å². The van der Waals surface area contributed by atoms with Gasteiger partial charge < -0.3 is 9.72 Å². The van der Waals surface area contributed by atoms with Crippen molar-refractivity contribution in [3.8, 4) is 11.5 Å². The van der Waals surface area contributed by atoms with Crippen LogP contribution in [0.15, 0.2) is 60.7 Å². The lowest BCUT2D eigenvalue weighted by Gasteiger charge is -2.09. The van der Waals surface area contributed by atoms with E-state index in [4.69, 9.17) is 4.74 Å². The Bertz CT molecular complexity index is 1060. The molecule has 22 heavy (non-hydrogen) atoms. The lowest BCUT2D eigenvalue weighted by Crippen LogP contribution is -1.88. The molecule has 0 bridgehead atoms. The van der Waals surface area contributed by atoms with Gasteiger partial charge in [0.05, 0.1) is 5.52 Å². The number of hydrogen-bond donors (Lipinski definition) is 1. The molecule has 2 nitrogen and oxygen atoms in total. The Kier molecular flexibility index (Phi) is 2.25. The van der Waals surface area contributed by atoms with Crippen molar-refractivity contribution in [2.45, 2.75) is 0 Å². The predicted molar refractivity (Wildman–Crippen MR) is 91.2 cm³/mol. The van der Waals surface area contributed by atoms with Gasteiger partial charge in [-0.2, -0.15) is 0 Å². The fourth-order valence-corrected chi connectivity index (χ4v) is 3.18. The Labute approximate surface area is 127 Å². The highest BCUT2D eigenvalue weighted by Crippen LogP contribution is 2.39. The lowest BCUT2D eigenvalue weighted by molar-refractivity contribution is 0.482. The highest BCUT2D eigenvalue weighted by atomic mass is 16.5. The van der Waals surface area contributed by atoms with Crippen LogP contribution in [0.3, 0.4) is 0 Å². The van der Waals surface area contributed by atoms with E-state index < -0.39 is 0 Å². The molecule has 0 aliphatic carbocycles. The number of para-hydroxylation sites is 2. The third-order valence-corrected chi connectivity index (χ3v) is 4.25. The third kappa shape index (κ3) is 1.55. The summed E-state index contributed by atoms with van der Waals surface area (Å²) < 4.78 is 6.12. The Balaban J connectivity index is 1.85. The first-order valence-corrected chi connectivity index (χ1v) is 7.38. The van der Waals surface area contributed by atoms with E-state index in [1.165, 1.54) is 10.8 Å². The Morgan fingerprint density at radius 1 is 0.682 bits per heavy atom. The summed E-state index contributed by atoms with van der Waals surface area (Å²) in [6.45, 7) is 0. The second-order valence-electron chi connectivity index (χ2n) is 5.54. The fourth-order valence-electron chi connectivity index (χ4n) is 3.18. The molecular weight excluding hydrogens is 270 g/mol. The molecule has 0 radical (unpaired) electrons. The summed E-state index contributed by atoms with van der Waals surface area (Å²) in [5.41, 5.74) is 4.48. The molecule has 104 valence electrons. The maximum absolute atomic E-state index is 6.12. The molecule has 2 heteroatoms. The zero-order valence-electron chi connectivity index (χ0n) is 11.8. The maximum Gasteiger partial charge on any atom is 0.136 e. The van der Waals surface area contributed by atoms with Crippen molar-refractivity contribution in [1.29, 1.82) is 0 Å². The summed E-state index contributed by atoms with van der Waals surface area (Å²) in [4.78, 5) is 3.53. The highest BCUT2D eigenvalue weighted by Gasteiger charge is 2.15. The van der Waals surface area contributed by atoms with E-state index in [1.807, 2.05) is 18.2 Å². The number of hydrogen-bond acceptors (Lipinski definition) is 1. The van der Waals surface area contributed by atoms with Crippen LogP contribution in [0, 0.1) is 0 Å². The van der Waals surface area contributed by atoms with Gasteiger partial charge in [0, 0.05) is 27.4 Å². The molecule has 0 saturated carbocycles. The molecule has 0 amide bonds. The Morgan fingerprint density at radius 2 is 1.55 bits per heavy atom. The number of H-pyrrole nitrogens is 1. The molecule has 1 aliphatic rings. The Hall–Kier alpha value is -3.00. The van der Waals surface area contributed by atoms with Gasteiger partial charge in [-0.25, -0.2) is 0 Å². The van der Waals surface area contributed by atoms with Crippen LogP contribution >= 0.6 is 0 Å². The molecule has 1 N–H and O–H groups in total. The van der Waals surface area contributed by atoms with E-state index in [2.05, 4.69) is 59.6 Å². The largest absolute Gasteiger partial charge is 0.456 e. The third-order valence-electron chi connectivity index (χ3n) is 4.25. The van der Waals surface area contributed by atoms with Gasteiger partial charge in [-0.3, -0.25) is 0 Å². The molecule has 3 aromatic carbocycles. The summed E-state index contributed by atoms with van der Waals surface area (Å²) in [5, 5.41) is 2.48. The molecule has 1 aliphatic heterocycles. The van der Waals surface area contributed by atoms with Gasteiger partial charge in [-0.15, -0.1) is 0 Å². The smallest absolute Gasteiger partial charge is 0.136 e. The number of fused-ring (bicyclic) bond motifs is 6. The normalized spacial score (nSPS) is 12.7. The second kappa shape index (κ2) is 4.25. The first kappa shape index (κ1) is 11.6. The van der Waals surface area contributed by atoms with Gasteiger partial charge >= 0.3 is 0 Å². The van der Waals surface area contributed by atoms with Crippen LogP contribution in [0.2, 0.25) is 0 Å².